The molecule has 1 heterocycles. The van der Waals surface area contributed by atoms with Crippen LogP contribution < -0.4 is 4.74 Å². The zero-order valence-corrected chi connectivity index (χ0v) is 10.8. The first-order valence-corrected chi connectivity index (χ1v) is 6.35. The molecule has 2 heteroatoms. The predicted octanol–water partition coefficient (Wildman–Crippen LogP) is 4.12. The lowest BCUT2D eigenvalue weighted by Crippen LogP contribution is -2.00. The Balaban J connectivity index is 1.88. The molecule has 0 bridgehead atoms. The summed E-state index contributed by atoms with van der Waals surface area (Å²) < 4.78 is 5.92. The molecule has 0 amide bonds. The molecular formula is C17H15NO. The fourth-order valence-corrected chi connectivity index (χ4v) is 2.14. The molecule has 0 fully saturated rings. The van der Waals surface area contributed by atoms with Crippen LogP contribution in [0, 0.1) is 6.92 Å². The third kappa shape index (κ3) is 2.43. The average Bonchev–Trinajstić information content (AvgIpc) is 2.46. The van der Waals surface area contributed by atoms with Crippen molar-refractivity contribution in [3.05, 3.63) is 72.1 Å². The minimum absolute atomic E-state index is 0.501. The molecule has 0 aliphatic heterocycles. The average molecular weight is 249 g/mol. The van der Waals surface area contributed by atoms with E-state index >= 15 is 0 Å². The summed E-state index contributed by atoms with van der Waals surface area (Å²) in [4.78, 5) is 4.35. The monoisotopic (exact) mass is 249 g/mol. The van der Waals surface area contributed by atoms with E-state index in [0.29, 0.717) is 6.61 Å². The third-order valence-corrected chi connectivity index (χ3v) is 3.23. The fraction of sp³-hybridized carbons (Fsp3) is 0.118. The molecule has 0 aliphatic rings. The van der Waals surface area contributed by atoms with Gasteiger partial charge < -0.3 is 4.74 Å². The first-order chi connectivity index (χ1) is 9.34. The van der Waals surface area contributed by atoms with Crippen molar-refractivity contribution >= 4 is 10.8 Å². The van der Waals surface area contributed by atoms with Gasteiger partial charge in [0.25, 0.3) is 0 Å². The summed E-state index contributed by atoms with van der Waals surface area (Å²) in [6.07, 6.45) is 1.80. The number of hydrogen-bond acceptors (Lipinski definition) is 2. The first kappa shape index (κ1) is 11.7. The van der Waals surface area contributed by atoms with Crippen molar-refractivity contribution in [1.29, 1.82) is 0 Å². The van der Waals surface area contributed by atoms with Crippen LogP contribution in [-0.4, -0.2) is 4.98 Å². The summed E-state index contributed by atoms with van der Waals surface area (Å²) in [7, 11) is 0. The van der Waals surface area contributed by atoms with E-state index < -0.39 is 0 Å². The zero-order chi connectivity index (χ0) is 13.1. The Morgan fingerprint density at radius 1 is 0.947 bits per heavy atom. The predicted molar refractivity (Wildman–Crippen MR) is 77.3 cm³/mol. The molecular weight excluding hydrogens is 234 g/mol. The Morgan fingerprint density at radius 2 is 1.79 bits per heavy atom. The smallest absolute Gasteiger partial charge is 0.130 e. The molecule has 19 heavy (non-hydrogen) atoms. The molecule has 94 valence electrons. The van der Waals surface area contributed by atoms with E-state index in [2.05, 4.69) is 36.2 Å². The van der Waals surface area contributed by atoms with Crippen LogP contribution in [0.4, 0.5) is 0 Å². The van der Waals surface area contributed by atoms with Gasteiger partial charge in [0, 0.05) is 11.6 Å². The molecule has 2 nitrogen and oxygen atoms in total. The number of pyridine rings is 1. The van der Waals surface area contributed by atoms with Gasteiger partial charge in [0.2, 0.25) is 0 Å². The van der Waals surface area contributed by atoms with Crippen molar-refractivity contribution in [2.75, 3.05) is 0 Å². The molecule has 0 unspecified atom stereocenters. The van der Waals surface area contributed by atoms with Crippen LogP contribution in [-0.2, 0) is 6.61 Å². The van der Waals surface area contributed by atoms with Crippen LogP contribution in [0.2, 0.25) is 0 Å². The van der Waals surface area contributed by atoms with Gasteiger partial charge in [0.05, 0.1) is 5.69 Å². The SMILES string of the molecule is Cc1cccnc1COc1cccc2ccccc12. The Morgan fingerprint density at radius 3 is 2.68 bits per heavy atom. The number of hydrogen-bond donors (Lipinski definition) is 0. The molecule has 0 saturated heterocycles. The van der Waals surface area contributed by atoms with E-state index in [1.54, 1.807) is 6.20 Å². The van der Waals surface area contributed by atoms with E-state index in [4.69, 9.17) is 4.74 Å². The fourth-order valence-electron chi connectivity index (χ4n) is 2.14. The minimum atomic E-state index is 0.501. The molecule has 0 aliphatic carbocycles. The molecule has 2 aromatic carbocycles. The second-order valence-electron chi connectivity index (χ2n) is 4.53. The van der Waals surface area contributed by atoms with E-state index in [9.17, 15) is 0 Å². The van der Waals surface area contributed by atoms with Crippen molar-refractivity contribution in [3.8, 4) is 5.75 Å². The Kier molecular flexibility index (Phi) is 3.15. The molecule has 0 N–H and O–H groups in total. The number of aryl methyl sites for hydroxylation is 1. The summed E-state index contributed by atoms with van der Waals surface area (Å²) in [5.41, 5.74) is 2.14. The molecule has 1 aromatic heterocycles. The highest BCUT2D eigenvalue weighted by Crippen LogP contribution is 2.25. The maximum atomic E-state index is 5.92. The third-order valence-electron chi connectivity index (χ3n) is 3.23. The summed E-state index contributed by atoms with van der Waals surface area (Å²) in [5, 5.41) is 2.33. The lowest BCUT2D eigenvalue weighted by atomic mass is 10.1. The number of benzene rings is 2. The van der Waals surface area contributed by atoms with Gasteiger partial charge in [-0.25, -0.2) is 0 Å². The summed E-state index contributed by atoms with van der Waals surface area (Å²) in [6.45, 7) is 2.55. The number of nitrogens with zero attached hydrogens (tertiary/aromatic N) is 1. The van der Waals surface area contributed by atoms with Gasteiger partial charge in [-0.2, -0.15) is 0 Å². The van der Waals surface area contributed by atoms with Crippen LogP contribution in [0.5, 0.6) is 5.75 Å². The van der Waals surface area contributed by atoms with Gasteiger partial charge in [-0.3, -0.25) is 4.98 Å². The van der Waals surface area contributed by atoms with Crippen molar-refractivity contribution in [2.45, 2.75) is 13.5 Å². The molecule has 0 saturated carbocycles. The molecule has 3 aromatic rings. The van der Waals surface area contributed by atoms with Crippen molar-refractivity contribution < 1.29 is 4.74 Å². The second kappa shape index (κ2) is 5.11. The largest absolute Gasteiger partial charge is 0.487 e. The number of ether oxygens (including phenoxy) is 1. The highest BCUT2D eigenvalue weighted by Gasteiger charge is 2.03. The van der Waals surface area contributed by atoms with E-state index in [-0.39, 0.29) is 0 Å². The standard InChI is InChI=1S/C17H15NO/c1-13-6-5-11-18-16(13)12-19-17-10-4-8-14-7-2-3-9-15(14)17/h2-11H,12H2,1H3. The molecule has 0 radical (unpaired) electrons. The van der Waals surface area contributed by atoms with E-state index in [0.717, 1.165) is 22.4 Å². The first-order valence-electron chi connectivity index (χ1n) is 6.35. The maximum absolute atomic E-state index is 5.92. The van der Waals surface area contributed by atoms with E-state index in [1.807, 2.05) is 30.3 Å². The number of rotatable bonds is 3. The summed E-state index contributed by atoms with van der Waals surface area (Å²) in [6, 6.07) is 18.3. The normalized spacial score (nSPS) is 10.6. The highest BCUT2D eigenvalue weighted by molar-refractivity contribution is 5.88. The van der Waals surface area contributed by atoms with Crippen molar-refractivity contribution in [1.82, 2.24) is 4.98 Å². The number of fused-ring (bicyclic) bond motifs is 1. The number of aromatic nitrogens is 1. The van der Waals surface area contributed by atoms with Crippen molar-refractivity contribution in [3.63, 3.8) is 0 Å². The lowest BCUT2D eigenvalue weighted by molar-refractivity contribution is 0.304. The quantitative estimate of drug-likeness (QED) is 0.696. The second-order valence-corrected chi connectivity index (χ2v) is 4.53. The van der Waals surface area contributed by atoms with Gasteiger partial charge in [0.1, 0.15) is 12.4 Å². The van der Waals surface area contributed by atoms with Crippen LogP contribution in [0.1, 0.15) is 11.3 Å². The molecule has 3 rings (SSSR count). The summed E-state index contributed by atoms with van der Waals surface area (Å²) >= 11 is 0. The lowest BCUT2D eigenvalue weighted by Gasteiger charge is -2.10. The van der Waals surface area contributed by atoms with Crippen LogP contribution in [0.3, 0.4) is 0 Å². The van der Waals surface area contributed by atoms with Gasteiger partial charge in [0.15, 0.2) is 0 Å². The topological polar surface area (TPSA) is 22.1 Å². The zero-order valence-electron chi connectivity index (χ0n) is 10.8. The van der Waals surface area contributed by atoms with Crippen LogP contribution in [0.25, 0.3) is 10.8 Å². The molecule has 0 atom stereocenters. The van der Waals surface area contributed by atoms with Crippen LogP contribution in [0.15, 0.2) is 60.8 Å². The van der Waals surface area contributed by atoms with Gasteiger partial charge in [-0.15, -0.1) is 0 Å². The Labute approximate surface area is 112 Å². The highest BCUT2D eigenvalue weighted by atomic mass is 16.5. The summed E-state index contributed by atoms with van der Waals surface area (Å²) in [5.74, 6) is 0.906. The van der Waals surface area contributed by atoms with Crippen molar-refractivity contribution in [2.24, 2.45) is 0 Å². The maximum Gasteiger partial charge on any atom is 0.130 e. The Hall–Kier alpha value is -2.35. The molecule has 0 spiro atoms. The van der Waals surface area contributed by atoms with Gasteiger partial charge in [-0.05, 0) is 30.0 Å². The van der Waals surface area contributed by atoms with Gasteiger partial charge >= 0.3 is 0 Å². The van der Waals surface area contributed by atoms with Crippen LogP contribution >= 0.6 is 0 Å². The Bertz CT molecular complexity index is 701. The van der Waals surface area contributed by atoms with Gasteiger partial charge in [-0.1, -0.05) is 42.5 Å². The van der Waals surface area contributed by atoms with E-state index in [1.165, 1.54) is 5.39 Å². The minimum Gasteiger partial charge on any atom is -0.487 e.